The lowest BCUT2D eigenvalue weighted by atomic mass is 10.1. The van der Waals surface area contributed by atoms with Crippen LogP contribution >= 0.6 is 0 Å². The highest BCUT2D eigenvalue weighted by Crippen LogP contribution is 2.29. The summed E-state index contributed by atoms with van der Waals surface area (Å²) < 4.78 is 5.51. The number of nitro groups is 1. The summed E-state index contributed by atoms with van der Waals surface area (Å²) in [5, 5.41) is 10.9. The second-order valence-corrected chi connectivity index (χ2v) is 4.58. The molecule has 5 nitrogen and oxygen atoms in total. The number of aromatic nitrogens is 1. The maximum Gasteiger partial charge on any atom is 0.331 e. The summed E-state index contributed by atoms with van der Waals surface area (Å²) in [7, 11) is 0. The van der Waals surface area contributed by atoms with Gasteiger partial charge < -0.3 is 4.74 Å². The van der Waals surface area contributed by atoms with Crippen LogP contribution in [-0.2, 0) is 0 Å². The predicted molar refractivity (Wildman–Crippen MR) is 82.8 cm³/mol. The van der Waals surface area contributed by atoms with E-state index >= 15 is 0 Å². The molecule has 0 N–H and O–H groups in total. The molecule has 0 aliphatic carbocycles. The highest BCUT2D eigenvalue weighted by Gasteiger charge is 2.16. The monoisotopic (exact) mass is 292 g/mol. The fourth-order valence-corrected chi connectivity index (χ4v) is 2.06. The van der Waals surface area contributed by atoms with Crippen LogP contribution in [0, 0.1) is 10.1 Å². The van der Waals surface area contributed by atoms with Crippen LogP contribution < -0.4 is 4.74 Å². The zero-order valence-corrected chi connectivity index (χ0v) is 11.5. The zero-order valence-electron chi connectivity index (χ0n) is 11.5. The predicted octanol–water partition coefficient (Wildman–Crippen LogP) is 4.45. The van der Waals surface area contributed by atoms with Crippen molar-refractivity contribution in [2.75, 3.05) is 0 Å². The molecule has 2 aromatic carbocycles. The van der Waals surface area contributed by atoms with Crippen LogP contribution in [0.15, 0.2) is 72.9 Å². The number of ether oxygens (including phenoxy) is 1. The minimum atomic E-state index is -0.513. The maximum absolute atomic E-state index is 10.9. The first-order valence-electron chi connectivity index (χ1n) is 6.67. The maximum atomic E-state index is 10.9. The van der Waals surface area contributed by atoms with Crippen molar-refractivity contribution in [1.29, 1.82) is 0 Å². The molecular formula is C17H12N2O3. The molecule has 1 aromatic heterocycles. The van der Waals surface area contributed by atoms with Crippen molar-refractivity contribution in [2.45, 2.75) is 0 Å². The van der Waals surface area contributed by atoms with Crippen molar-refractivity contribution in [3.63, 3.8) is 0 Å². The van der Waals surface area contributed by atoms with Crippen LogP contribution in [0.2, 0.25) is 0 Å². The molecule has 0 spiro atoms. The molecule has 0 aliphatic heterocycles. The van der Waals surface area contributed by atoms with Crippen molar-refractivity contribution < 1.29 is 9.66 Å². The molecule has 0 atom stereocenters. The second kappa shape index (κ2) is 6.05. The fourth-order valence-electron chi connectivity index (χ4n) is 2.06. The van der Waals surface area contributed by atoms with E-state index in [0.717, 1.165) is 11.1 Å². The Morgan fingerprint density at radius 3 is 2.23 bits per heavy atom. The topological polar surface area (TPSA) is 65.3 Å². The first-order valence-corrected chi connectivity index (χ1v) is 6.67. The molecule has 0 fully saturated rings. The molecule has 22 heavy (non-hydrogen) atoms. The van der Waals surface area contributed by atoms with Crippen molar-refractivity contribution >= 4 is 5.69 Å². The summed E-state index contributed by atoms with van der Waals surface area (Å²) in [6.07, 6.45) is 1.46. The Balaban J connectivity index is 1.84. The first-order chi connectivity index (χ1) is 10.7. The summed E-state index contributed by atoms with van der Waals surface area (Å²) in [6.45, 7) is 0. The van der Waals surface area contributed by atoms with Gasteiger partial charge in [0.05, 0.1) is 4.92 Å². The lowest BCUT2D eigenvalue weighted by Crippen LogP contribution is -1.95. The number of pyridine rings is 1. The van der Waals surface area contributed by atoms with Gasteiger partial charge in [0.25, 0.3) is 5.88 Å². The minimum absolute atomic E-state index is 0.0139. The average molecular weight is 292 g/mol. The van der Waals surface area contributed by atoms with Crippen molar-refractivity contribution in [1.82, 2.24) is 4.98 Å². The molecule has 5 heteroatoms. The quantitative estimate of drug-likeness (QED) is 0.526. The third-order valence-corrected chi connectivity index (χ3v) is 3.12. The van der Waals surface area contributed by atoms with Crippen molar-refractivity contribution in [3.8, 4) is 22.8 Å². The number of hydrogen-bond acceptors (Lipinski definition) is 4. The van der Waals surface area contributed by atoms with Crippen molar-refractivity contribution in [2.24, 2.45) is 0 Å². The Kier molecular flexibility index (Phi) is 3.78. The summed E-state index contributed by atoms with van der Waals surface area (Å²) >= 11 is 0. The van der Waals surface area contributed by atoms with Gasteiger partial charge in [0, 0.05) is 12.3 Å². The van der Waals surface area contributed by atoms with Crippen LogP contribution in [0.25, 0.3) is 11.1 Å². The Morgan fingerprint density at radius 1 is 0.864 bits per heavy atom. The number of rotatable bonds is 4. The Morgan fingerprint density at radius 2 is 1.55 bits per heavy atom. The molecular weight excluding hydrogens is 280 g/mol. The molecule has 0 saturated carbocycles. The Bertz CT molecular complexity index is 787. The van der Waals surface area contributed by atoms with E-state index in [1.165, 1.54) is 18.3 Å². The standard InChI is InChI=1S/C17H12N2O3/c20-19(21)16-7-4-12-18-17(16)22-15-10-8-14(9-11-15)13-5-2-1-3-6-13/h1-12H. The van der Waals surface area contributed by atoms with Gasteiger partial charge in [-0.1, -0.05) is 42.5 Å². The number of benzene rings is 2. The van der Waals surface area contributed by atoms with Crippen LogP contribution in [0.3, 0.4) is 0 Å². The van der Waals surface area contributed by atoms with E-state index in [9.17, 15) is 10.1 Å². The zero-order chi connectivity index (χ0) is 15.4. The molecule has 0 bridgehead atoms. The number of nitrogens with zero attached hydrogens (tertiary/aromatic N) is 2. The van der Waals surface area contributed by atoms with Gasteiger partial charge in [-0.3, -0.25) is 10.1 Å². The van der Waals surface area contributed by atoms with E-state index in [1.54, 1.807) is 12.1 Å². The average Bonchev–Trinajstić information content (AvgIpc) is 2.57. The fraction of sp³-hybridized carbons (Fsp3) is 0. The molecule has 0 radical (unpaired) electrons. The molecule has 0 aliphatic rings. The summed E-state index contributed by atoms with van der Waals surface area (Å²) in [6, 6.07) is 20.1. The lowest BCUT2D eigenvalue weighted by Gasteiger charge is -2.06. The van der Waals surface area contributed by atoms with Gasteiger partial charge in [0.15, 0.2) is 0 Å². The van der Waals surface area contributed by atoms with Gasteiger partial charge in [0.2, 0.25) is 0 Å². The third-order valence-electron chi connectivity index (χ3n) is 3.12. The van der Waals surface area contributed by atoms with Gasteiger partial charge in [0.1, 0.15) is 5.75 Å². The Hall–Kier alpha value is -3.21. The van der Waals surface area contributed by atoms with Crippen molar-refractivity contribution in [3.05, 3.63) is 83.0 Å². The van der Waals surface area contributed by atoms with Gasteiger partial charge >= 0.3 is 5.69 Å². The summed E-state index contributed by atoms with van der Waals surface area (Å²) in [5.74, 6) is 0.487. The highest BCUT2D eigenvalue weighted by atomic mass is 16.6. The van der Waals surface area contributed by atoms with E-state index in [2.05, 4.69) is 4.98 Å². The Labute approximate surface area is 127 Å². The SMILES string of the molecule is O=[N+]([O-])c1cccnc1Oc1ccc(-c2ccccc2)cc1. The van der Waals surface area contributed by atoms with Gasteiger partial charge in [-0.05, 0) is 29.3 Å². The number of hydrogen-bond donors (Lipinski definition) is 0. The molecule has 0 unspecified atom stereocenters. The van der Waals surface area contributed by atoms with E-state index < -0.39 is 4.92 Å². The molecule has 1 heterocycles. The largest absolute Gasteiger partial charge is 0.434 e. The van der Waals surface area contributed by atoms with Gasteiger partial charge in [-0.25, -0.2) is 4.98 Å². The summed E-state index contributed by atoms with van der Waals surface area (Å²) in [4.78, 5) is 14.3. The van der Waals surface area contributed by atoms with Gasteiger partial charge in [-0.15, -0.1) is 0 Å². The van der Waals surface area contributed by atoms with E-state index in [0.29, 0.717) is 5.75 Å². The lowest BCUT2D eigenvalue weighted by molar-refractivity contribution is -0.386. The molecule has 0 amide bonds. The minimum Gasteiger partial charge on any atom is -0.434 e. The van der Waals surface area contributed by atoms with Crippen LogP contribution in [0.5, 0.6) is 11.6 Å². The highest BCUT2D eigenvalue weighted by molar-refractivity contribution is 5.64. The molecule has 0 saturated heterocycles. The molecule has 3 rings (SSSR count). The normalized spacial score (nSPS) is 10.2. The second-order valence-electron chi connectivity index (χ2n) is 4.58. The first kappa shape index (κ1) is 13.8. The third kappa shape index (κ3) is 2.93. The summed E-state index contributed by atoms with van der Waals surface area (Å²) in [5.41, 5.74) is 1.98. The molecule has 108 valence electrons. The van der Waals surface area contributed by atoms with E-state index in [4.69, 9.17) is 4.74 Å². The smallest absolute Gasteiger partial charge is 0.331 e. The van der Waals surface area contributed by atoms with E-state index in [1.807, 2.05) is 42.5 Å². The van der Waals surface area contributed by atoms with Gasteiger partial charge in [-0.2, -0.15) is 0 Å². The molecule has 3 aromatic rings. The van der Waals surface area contributed by atoms with E-state index in [-0.39, 0.29) is 11.6 Å². The van der Waals surface area contributed by atoms with Crippen LogP contribution in [-0.4, -0.2) is 9.91 Å². The van der Waals surface area contributed by atoms with Crippen LogP contribution in [0.1, 0.15) is 0 Å². The van der Waals surface area contributed by atoms with Crippen LogP contribution in [0.4, 0.5) is 5.69 Å².